The first-order valence-corrected chi connectivity index (χ1v) is 3.63. The van der Waals surface area contributed by atoms with Gasteiger partial charge in [0.2, 0.25) is 6.29 Å². The summed E-state index contributed by atoms with van der Waals surface area (Å²) in [4.78, 5) is 11.4. The smallest absolute Gasteiger partial charge is 0.342 e. The molecule has 0 radical (unpaired) electrons. The van der Waals surface area contributed by atoms with Crippen LogP contribution < -0.4 is 0 Å². The molecule has 2 rings (SSSR count). The van der Waals surface area contributed by atoms with Crippen molar-refractivity contribution in [2.75, 3.05) is 0 Å². The molecule has 1 atom stereocenters. The first kappa shape index (κ1) is 5.88. The Kier molecular flexibility index (Phi) is 1.06. The van der Waals surface area contributed by atoms with E-state index in [1.54, 1.807) is 11.4 Å². The molecule has 4 heteroatoms. The van der Waals surface area contributed by atoms with E-state index in [0.717, 1.165) is 0 Å². The van der Waals surface area contributed by atoms with E-state index in [4.69, 9.17) is 5.11 Å². The van der Waals surface area contributed by atoms with Crippen molar-refractivity contribution in [3.8, 4) is 0 Å². The van der Waals surface area contributed by atoms with Gasteiger partial charge in [-0.1, -0.05) is 0 Å². The van der Waals surface area contributed by atoms with Gasteiger partial charge in [0, 0.05) is 0 Å². The minimum Gasteiger partial charge on any atom is -0.427 e. The van der Waals surface area contributed by atoms with E-state index in [1.807, 2.05) is 0 Å². The second kappa shape index (κ2) is 1.81. The maximum atomic E-state index is 10.8. The Bertz CT molecular complexity index is 278. The first-order chi connectivity index (χ1) is 4.79. The van der Waals surface area contributed by atoms with Gasteiger partial charge in [-0.2, -0.15) is 0 Å². The van der Waals surface area contributed by atoms with Gasteiger partial charge in [-0.05, 0) is 11.4 Å². The summed E-state index contributed by atoms with van der Waals surface area (Å²) >= 11 is 1.33. The highest BCUT2D eigenvalue weighted by atomic mass is 32.1. The number of aliphatic hydroxyl groups excluding tert-OH is 1. The molecule has 1 aliphatic rings. The Morgan fingerprint density at radius 1 is 1.70 bits per heavy atom. The molecule has 0 aromatic carbocycles. The van der Waals surface area contributed by atoms with E-state index < -0.39 is 12.3 Å². The number of esters is 1. The Balaban J connectivity index is 2.58. The molecule has 0 fully saturated rings. The lowest BCUT2D eigenvalue weighted by molar-refractivity contribution is -0.0531. The molecule has 52 valence electrons. The Morgan fingerprint density at radius 3 is 3.20 bits per heavy atom. The number of carbonyl (C=O) groups is 1. The summed E-state index contributed by atoms with van der Waals surface area (Å²) in [6, 6.07) is 1.65. The highest BCUT2D eigenvalue weighted by Gasteiger charge is 2.30. The number of hydrogen-bond donors (Lipinski definition) is 1. The molecule has 2 heterocycles. The van der Waals surface area contributed by atoms with Crippen LogP contribution >= 0.6 is 11.3 Å². The van der Waals surface area contributed by atoms with Crippen molar-refractivity contribution in [1.82, 2.24) is 0 Å². The normalized spacial score (nSPS) is 22.5. The van der Waals surface area contributed by atoms with E-state index in [1.165, 1.54) is 11.3 Å². The number of aliphatic hydroxyl groups is 1. The molecule has 3 nitrogen and oxygen atoms in total. The van der Waals surface area contributed by atoms with E-state index in [2.05, 4.69) is 4.74 Å². The van der Waals surface area contributed by atoms with Crippen LogP contribution in [-0.2, 0) is 4.74 Å². The Hall–Kier alpha value is -0.870. The van der Waals surface area contributed by atoms with E-state index in [9.17, 15) is 4.79 Å². The molecule has 0 amide bonds. The van der Waals surface area contributed by atoms with Crippen LogP contribution in [0.2, 0.25) is 0 Å². The fraction of sp³-hybridized carbons (Fsp3) is 0.167. The summed E-state index contributed by atoms with van der Waals surface area (Å²) < 4.78 is 4.50. The van der Waals surface area contributed by atoms with Crippen molar-refractivity contribution in [2.24, 2.45) is 0 Å². The molecular weight excluding hydrogens is 152 g/mol. The number of rotatable bonds is 0. The first-order valence-electron chi connectivity index (χ1n) is 2.75. The van der Waals surface area contributed by atoms with Gasteiger partial charge in [-0.3, -0.25) is 0 Å². The third-order valence-corrected chi connectivity index (χ3v) is 2.31. The molecule has 1 unspecified atom stereocenters. The molecule has 1 aliphatic heterocycles. The van der Waals surface area contributed by atoms with Crippen LogP contribution in [0.15, 0.2) is 11.4 Å². The molecule has 0 saturated heterocycles. The van der Waals surface area contributed by atoms with Gasteiger partial charge in [-0.25, -0.2) is 4.79 Å². The van der Waals surface area contributed by atoms with Crippen molar-refractivity contribution < 1.29 is 14.6 Å². The predicted molar refractivity (Wildman–Crippen MR) is 34.7 cm³/mol. The monoisotopic (exact) mass is 156 g/mol. The molecule has 1 aromatic heterocycles. The third-order valence-electron chi connectivity index (χ3n) is 1.36. The summed E-state index contributed by atoms with van der Waals surface area (Å²) in [5, 5.41) is 10.8. The number of carbonyl (C=O) groups excluding carboxylic acids is 1. The Morgan fingerprint density at radius 2 is 2.50 bits per heavy atom. The maximum Gasteiger partial charge on any atom is 0.342 e. The largest absolute Gasteiger partial charge is 0.427 e. The van der Waals surface area contributed by atoms with Crippen molar-refractivity contribution >= 4 is 17.3 Å². The second-order valence-corrected chi connectivity index (χ2v) is 2.90. The third kappa shape index (κ3) is 0.600. The zero-order valence-electron chi connectivity index (χ0n) is 4.90. The summed E-state index contributed by atoms with van der Waals surface area (Å²) in [5.41, 5.74) is 0.498. The highest BCUT2D eigenvalue weighted by molar-refractivity contribution is 7.10. The van der Waals surface area contributed by atoms with E-state index >= 15 is 0 Å². The molecule has 0 saturated carbocycles. The number of ether oxygens (including phenoxy) is 1. The average Bonchev–Trinajstić information content (AvgIpc) is 2.39. The van der Waals surface area contributed by atoms with Crippen molar-refractivity contribution in [2.45, 2.75) is 6.29 Å². The Labute approximate surface area is 60.9 Å². The number of thiophene rings is 1. The average molecular weight is 156 g/mol. The summed E-state index contributed by atoms with van der Waals surface area (Å²) in [7, 11) is 0. The van der Waals surface area contributed by atoms with Crippen LogP contribution in [0, 0.1) is 0 Å². The van der Waals surface area contributed by atoms with Crippen molar-refractivity contribution in [3.05, 3.63) is 21.9 Å². The van der Waals surface area contributed by atoms with E-state index in [-0.39, 0.29) is 0 Å². The predicted octanol–water partition coefficient (Wildman–Crippen LogP) is 0.909. The highest BCUT2D eigenvalue weighted by Crippen LogP contribution is 2.32. The van der Waals surface area contributed by atoms with Crippen LogP contribution in [0.5, 0.6) is 0 Å². The maximum absolute atomic E-state index is 10.8. The van der Waals surface area contributed by atoms with Crippen LogP contribution in [0.4, 0.5) is 0 Å². The molecule has 0 bridgehead atoms. The molecule has 1 aromatic rings. The van der Waals surface area contributed by atoms with Gasteiger partial charge in [0.25, 0.3) is 0 Å². The minimum atomic E-state index is -1.03. The van der Waals surface area contributed by atoms with Crippen molar-refractivity contribution in [1.29, 1.82) is 0 Å². The van der Waals surface area contributed by atoms with Gasteiger partial charge in [0.05, 0.1) is 10.4 Å². The van der Waals surface area contributed by atoms with Crippen molar-refractivity contribution in [3.63, 3.8) is 0 Å². The lowest BCUT2D eigenvalue weighted by Gasteiger charge is -1.97. The zero-order chi connectivity index (χ0) is 7.14. The fourth-order valence-corrected chi connectivity index (χ4v) is 1.69. The standard InChI is InChI=1S/C6H4O3S/c7-5-3-1-2-10-4(3)6(8)9-5/h1-2,6,8H. The van der Waals surface area contributed by atoms with Gasteiger partial charge < -0.3 is 9.84 Å². The zero-order valence-corrected chi connectivity index (χ0v) is 5.72. The number of cyclic esters (lactones) is 1. The summed E-state index contributed by atoms with van der Waals surface area (Å²) in [5.74, 6) is -0.427. The van der Waals surface area contributed by atoms with Gasteiger partial charge in [-0.15, -0.1) is 11.3 Å². The van der Waals surface area contributed by atoms with Crippen LogP contribution in [-0.4, -0.2) is 11.1 Å². The minimum absolute atomic E-state index is 0.427. The lowest BCUT2D eigenvalue weighted by atomic mass is 10.3. The topological polar surface area (TPSA) is 46.5 Å². The van der Waals surface area contributed by atoms with Gasteiger partial charge >= 0.3 is 5.97 Å². The summed E-state index contributed by atoms with van der Waals surface area (Å²) in [6.07, 6.45) is -1.03. The summed E-state index contributed by atoms with van der Waals surface area (Å²) in [6.45, 7) is 0. The van der Waals surface area contributed by atoms with Crippen LogP contribution in [0.1, 0.15) is 21.5 Å². The lowest BCUT2D eigenvalue weighted by Crippen LogP contribution is -1.96. The number of hydrogen-bond acceptors (Lipinski definition) is 4. The number of fused-ring (bicyclic) bond motifs is 1. The van der Waals surface area contributed by atoms with Crippen LogP contribution in [0.25, 0.3) is 0 Å². The molecule has 0 aliphatic carbocycles. The SMILES string of the molecule is O=C1OC(O)c2sccc21. The molecule has 10 heavy (non-hydrogen) atoms. The van der Waals surface area contributed by atoms with Gasteiger partial charge in [0.1, 0.15) is 0 Å². The molecular formula is C6H4O3S. The quantitative estimate of drug-likeness (QED) is 0.568. The molecule has 1 N–H and O–H groups in total. The van der Waals surface area contributed by atoms with Gasteiger partial charge in [0.15, 0.2) is 0 Å². The van der Waals surface area contributed by atoms with E-state index in [0.29, 0.717) is 10.4 Å². The van der Waals surface area contributed by atoms with Crippen LogP contribution in [0.3, 0.4) is 0 Å². The fourth-order valence-electron chi connectivity index (χ4n) is 0.899. The molecule has 0 spiro atoms. The second-order valence-electron chi connectivity index (χ2n) is 1.96.